The smallest absolute Gasteiger partial charge is 0.112 e. The van der Waals surface area contributed by atoms with Crippen LogP contribution in [0.15, 0.2) is 42.2 Å². The Bertz CT molecular complexity index is 643. The average molecular weight is 208 g/mol. The van der Waals surface area contributed by atoms with Crippen molar-refractivity contribution in [3.8, 4) is 0 Å². The monoisotopic (exact) mass is 208 g/mol. The summed E-state index contributed by atoms with van der Waals surface area (Å²) >= 11 is 0. The van der Waals surface area contributed by atoms with Crippen molar-refractivity contribution >= 4 is 18.2 Å². The first-order valence-electron chi connectivity index (χ1n) is 5.42. The third kappa shape index (κ3) is 1.41. The molecular formula is C15H12O. The molecule has 0 bridgehead atoms. The summed E-state index contributed by atoms with van der Waals surface area (Å²) in [5, 5.41) is 11.8. The van der Waals surface area contributed by atoms with Crippen molar-refractivity contribution in [2.24, 2.45) is 0 Å². The molecule has 0 aromatic heterocycles. The zero-order valence-corrected chi connectivity index (χ0v) is 8.85. The van der Waals surface area contributed by atoms with Crippen LogP contribution in [0, 0.1) is 0 Å². The Balaban J connectivity index is 2.36. The van der Waals surface area contributed by atoms with Gasteiger partial charge in [-0.15, -0.1) is 0 Å². The SMILES string of the molecule is OC1=CCc2c3c(ccc2=C1)=CC=CC=C3. The summed E-state index contributed by atoms with van der Waals surface area (Å²) in [4.78, 5) is 0. The maximum Gasteiger partial charge on any atom is 0.112 e. The van der Waals surface area contributed by atoms with Crippen LogP contribution < -0.4 is 10.4 Å². The van der Waals surface area contributed by atoms with Gasteiger partial charge in [-0.2, -0.15) is 0 Å². The van der Waals surface area contributed by atoms with Crippen molar-refractivity contribution in [2.75, 3.05) is 0 Å². The molecule has 1 heteroatoms. The molecule has 3 rings (SSSR count). The largest absolute Gasteiger partial charge is 0.508 e. The highest BCUT2D eigenvalue weighted by Crippen LogP contribution is 2.10. The fraction of sp³-hybridized carbons (Fsp3) is 0.0667. The van der Waals surface area contributed by atoms with Crippen LogP contribution in [0.3, 0.4) is 0 Å². The van der Waals surface area contributed by atoms with Gasteiger partial charge in [-0.25, -0.2) is 0 Å². The van der Waals surface area contributed by atoms with Gasteiger partial charge in [-0.1, -0.05) is 42.5 Å². The van der Waals surface area contributed by atoms with Gasteiger partial charge < -0.3 is 5.11 Å². The first-order valence-corrected chi connectivity index (χ1v) is 5.42. The molecule has 0 heterocycles. The Labute approximate surface area is 94.1 Å². The number of fused-ring (bicyclic) bond motifs is 3. The van der Waals surface area contributed by atoms with E-state index in [4.69, 9.17) is 0 Å². The molecule has 1 aromatic carbocycles. The number of benzene rings is 1. The van der Waals surface area contributed by atoms with Crippen molar-refractivity contribution in [3.05, 3.63) is 63.8 Å². The predicted octanol–water partition coefficient (Wildman–Crippen LogP) is 1.83. The van der Waals surface area contributed by atoms with Crippen LogP contribution in [0.25, 0.3) is 18.2 Å². The van der Waals surface area contributed by atoms with E-state index < -0.39 is 0 Å². The van der Waals surface area contributed by atoms with Gasteiger partial charge in [0.2, 0.25) is 0 Å². The number of aliphatic hydroxyl groups excluding tert-OH is 1. The summed E-state index contributed by atoms with van der Waals surface area (Å²) in [6, 6.07) is 4.17. The van der Waals surface area contributed by atoms with Gasteiger partial charge in [-0.05, 0) is 40.1 Å². The second kappa shape index (κ2) is 3.53. The van der Waals surface area contributed by atoms with Gasteiger partial charge in [0.15, 0.2) is 0 Å². The van der Waals surface area contributed by atoms with E-state index >= 15 is 0 Å². The van der Waals surface area contributed by atoms with E-state index in [0.717, 1.165) is 11.6 Å². The molecule has 0 unspecified atom stereocenters. The topological polar surface area (TPSA) is 20.2 Å². The maximum absolute atomic E-state index is 9.48. The molecule has 0 spiro atoms. The minimum absolute atomic E-state index is 0.368. The lowest BCUT2D eigenvalue weighted by Gasteiger charge is -2.10. The Morgan fingerprint density at radius 3 is 2.81 bits per heavy atom. The van der Waals surface area contributed by atoms with Crippen LogP contribution in [0.2, 0.25) is 0 Å². The quantitative estimate of drug-likeness (QED) is 0.689. The summed E-state index contributed by atoms with van der Waals surface area (Å²) in [5.41, 5.74) is 2.56. The Morgan fingerprint density at radius 1 is 1.00 bits per heavy atom. The molecule has 0 saturated carbocycles. The Morgan fingerprint density at radius 2 is 1.88 bits per heavy atom. The third-order valence-electron chi connectivity index (χ3n) is 3.01. The second-order valence-corrected chi connectivity index (χ2v) is 4.02. The Kier molecular flexibility index (Phi) is 2.03. The highest BCUT2D eigenvalue weighted by Gasteiger charge is 2.07. The summed E-state index contributed by atoms with van der Waals surface area (Å²) in [6.07, 6.45) is 14.9. The molecule has 0 atom stereocenters. The van der Waals surface area contributed by atoms with Crippen LogP contribution >= 0.6 is 0 Å². The van der Waals surface area contributed by atoms with Gasteiger partial charge in [-0.3, -0.25) is 0 Å². The fourth-order valence-electron chi connectivity index (χ4n) is 2.20. The molecule has 2 aliphatic carbocycles. The van der Waals surface area contributed by atoms with Crippen LogP contribution in [0.1, 0.15) is 11.1 Å². The molecule has 0 aliphatic heterocycles. The van der Waals surface area contributed by atoms with E-state index in [1.165, 1.54) is 16.3 Å². The van der Waals surface area contributed by atoms with Crippen molar-refractivity contribution in [3.63, 3.8) is 0 Å². The highest BCUT2D eigenvalue weighted by atomic mass is 16.3. The average Bonchev–Trinajstić information content (AvgIpc) is 2.53. The number of rotatable bonds is 0. The zero-order chi connectivity index (χ0) is 11.0. The second-order valence-electron chi connectivity index (χ2n) is 4.02. The van der Waals surface area contributed by atoms with Gasteiger partial charge in [0.1, 0.15) is 5.76 Å². The zero-order valence-electron chi connectivity index (χ0n) is 8.85. The molecule has 0 amide bonds. The predicted molar refractivity (Wildman–Crippen MR) is 67.2 cm³/mol. The molecule has 78 valence electrons. The molecule has 1 aromatic rings. The van der Waals surface area contributed by atoms with E-state index in [-0.39, 0.29) is 0 Å². The molecule has 0 fully saturated rings. The van der Waals surface area contributed by atoms with Crippen LogP contribution in [0.5, 0.6) is 0 Å². The van der Waals surface area contributed by atoms with Crippen molar-refractivity contribution in [2.45, 2.75) is 6.42 Å². The van der Waals surface area contributed by atoms with Gasteiger partial charge in [0.25, 0.3) is 0 Å². The molecule has 0 saturated heterocycles. The summed E-state index contributed by atoms with van der Waals surface area (Å²) in [5.74, 6) is 0.368. The molecule has 2 aliphatic rings. The van der Waals surface area contributed by atoms with E-state index in [1.54, 1.807) is 0 Å². The molecule has 16 heavy (non-hydrogen) atoms. The first kappa shape index (κ1) is 9.22. The normalized spacial score (nSPS) is 16.4. The van der Waals surface area contributed by atoms with Gasteiger partial charge in [0.05, 0.1) is 0 Å². The number of hydrogen-bond donors (Lipinski definition) is 1. The fourth-order valence-corrected chi connectivity index (χ4v) is 2.20. The standard InChI is InChI=1S/C15H12O/c16-13-8-9-15-12(10-13)7-6-11-4-2-1-3-5-14(11)15/h1-8,10,16H,9H2. The van der Waals surface area contributed by atoms with E-state index in [9.17, 15) is 5.11 Å². The molecule has 1 nitrogen and oxygen atoms in total. The van der Waals surface area contributed by atoms with Crippen LogP contribution in [0.4, 0.5) is 0 Å². The minimum atomic E-state index is 0.368. The van der Waals surface area contributed by atoms with Crippen molar-refractivity contribution in [1.82, 2.24) is 0 Å². The number of allylic oxidation sites excluding steroid dienone is 5. The highest BCUT2D eigenvalue weighted by molar-refractivity contribution is 5.65. The summed E-state index contributed by atoms with van der Waals surface area (Å²) in [6.45, 7) is 0. The lowest BCUT2D eigenvalue weighted by molar-refractivity contribution is 0.438. The Hall–Kier alpha value is -2.02. The molecule has 0 radical (unpaired) electrons. The van der Waals surface area contributed by atoms with E-state index in [1.807, 2.05) is 18.2 Å². The van der Waals surface area contributed by atoms with Crippen molar-refractivity contribution < 1.29 is 5.11 Å². The summed E-state index contributed by atoms with van der Waals surface area (Å²) < 4.78 is 0. The van der Waals surface area contributed by atoms with E-state index in [2.05, 4.69) is 36.4 Å². The molecular weight excluding hydrogens is 196 g/mol. The van der Waals surface area contributed by atoms with Gasteiger partial charge >= 0.3 is 0 Å². The lowest BCUT2D eigenvalue weighted by Crippen LogP contribution is -2.21. The third-order valence-corrected chi connectivity index (χ3v) is 3.01. The molecule has 1 N–H and O–H groups in total. The van der Waals surface area contributed by atoms with Crippen LogP contribution in [-0.2, 0) is 6.42 Å². The lowest BCUT2D eigenvalue weighted by atomic mass is 9.96. The van der Waals surface area contributed by atoms with E-state index in [0.29, 0.717) is 5.76 Å². The first-order chi connectivity index (χ1) is 7.84. The van der Waals surface area contributed by atoms with Gasteiger partial charge in [0, 0.05) is 0 Å². The summed E-state index contributed by atoms with van der Waals surface area (Å²) in [7, 11) is 0. The van der Waals surface area contributed by atoms with Crippen molar-refractivity contribution in [1.29, 1.82) is 0 Å². The minimum Gasteiger partial charge on any atom is -0.508 e. The van der Waals surface area contributed by atoms with Crippen LogP contribution in [-0.4, -0.2) is 5.11 Å². The number of aliphatic hydroxyl groups is 1. The number of hydrogen-bond acceptors (Lipinski definition) is 1. The maximum atomic E-state index is 9.48.